The molecule has 2 nitrogen and oxygen atoms in total. The number of hydrogen-bond acceptors (Lipinski definition) is 3. The van der Waals surface area contributed by atoms with Crippen LogP contribution in [0.15, 0.2) is 17.5 Å². The predicted octanol–water partition coefficient (Wildman–Crippen LogP) is 4.93. The largest absolute Gasteiger partial charge is 0.435 e. The molecule has 3 aromatic rings. The van der Waals surface area contributed by atoms with E-state index in [1.807, 2.05) is 0 Å². The molecule has 2 aromatic heterocycles. The third-order valence-corrected chi connectivity index (χ3v) is 3.89. The zero-order chi connectivity index (χ0) is 16.9. The molecule has 0 aliphatic rings. The molecule has 0 N–H and O–H groups in total. The van der Waals surface area contributed by atoms with E-state index in [0.29, 0.717) is 0 Å². The second kappa shape index (κ2) is 5.15. The van der Waals surface area contributed by atoms with Crippen LogP contribution in [0.5, 0.6) is 0 Å². The van der Waals surface area contributed by atoms with Crippen molar-refractivity contribution in [2.75, 3.05) is 0 Å². The summed E-state index contributed by atoms with van der Waals surface area (Å²) in [5.74, 6) is -8.68. The molecule has 1 aromatic carbocycles. The van der Waals surface area contributed by atoms with E-state index in [1.165, 1.54) is 17.5 Å². The molecular weight excluding hydrogens is 349 g/mol. The minimum Gasteiger partial charge on any atom is -0.203 e. The maximum absolute atomic E-state index is 14.0. The highest BCUT2D eigenvalue weighted by atomic mass is 32.1. The fourth-order valence-corrected chi connectivity index (χ4v) is 2.78. The summed E-state index contributed by atoms with van der Waals surface area (Å²) in [7, 11) is 0. The molecule has 0 fully saturated rings. The van der Waals surface area contributed by atoms with Crippen molar-refractivity contribution in [2.24, 2.45) is 0 Å². The van der Waals surface area contributed by atoms with Gasteiger partial charge in [0.1, 0.15) is 5.69 Å². The van der Waals surface area contributed by atoms with Gasteiger partial charge in [-0.3, -0.25) is 0 Å². The van der Waals surface area contributed by atoms with Gasteiger partial charge in [0.05, 0.1) is 15.6 Å². The first-order chi connectivity index (χ1) is 10.7. The van der Waals surface area contributed by atoms with Crippen molar-refractivity contribution in [1.82, 2.24) is 10.2 Å². The van der Waals surface area contributed by atoms with E-state index in [-0.39, 0.29) is 4.88 Å². The number of benzene rings is 1. The normalized spacial score (nSPS) is 12.1. The molecule has 3 rings (SSSR count). The molecule has 0 saturated heterocycles. The molecule has 0 radical (unpaired) electrons. The van der Waals surface area contributed by atoms with Gasteiger partial charge in [-0.1, -0.05) is 6.07 Å². The van der Waals surface area contributed by atoms with Crippen LogP contribution in [0.3, 0.4) is 0 Å². The van der Waals surface area contributed by atoms with Crippen molar-refractivity contribution in [3.8, 4) is 10.6 Å². The van der Waals surface area contributed by atoms with Crippen LogP contribution in [0.2, 0.25) is 0 Å². The van der Waals surface area contributed by atoms with Crippen LogP contribution in [0.1, 0.15) is 5.69 Å². The average Bonchev–Trinajstić information content (AvgIpc) is 3.02. The molecule has 23 heavy (non-hydrogen) atoms. The molecule has 10 heteroatoms. The van der Waals surface area contributed by atoms with Crippen LogP contribution < -0.4 is 0 Å². The first kappa shape index (κ1) is 15.7. The van der Waals surface area contributed by atoms with Gasteiger partial charge in [0.2, 0.25) is 0 Å². The summed E-state index contributed by atoms with van der Waals surface area (Å²) in [4.78, 5) is 0.125. The summed E-state index contributed by atoms with van der Waals surface area (Å²) in [6.45, 7) is 0. The summed E-state index contributed by atoms with van der Waals surface area (Å²) in [6.07, 6.45) is -5.23. The van der Waals surface area contributed by atoms with Crippen molar-refractivity contribution in [3.05, 3.63) is 46.5 Å². The number of alkyl halides is 3. The summed E-state index contributed by atoms with van der Waals surface area (Å²) in [5, 5.41) is 4.97. The SMILES string of the molecule is Fc1c(F)c(F)c2c(C(F)(F)F)nnc(-c3cccs3)c2c1F. The number of halogens is 7. The number of hydrogen-bond donors (Lipinski definition) is 0. The Morgan fingerprint density at radius 2 is 1.43 bits per heavy atom. The first-order valence-corrected chi connectivity index (χ1v) is 6.74. The van der Waals surface area contributed by atoms with E-state index in [2.05, 4.69) is 10.2 Å². The highest BCUT2D eigenvalue weighted by Gasteiger charge is 2.39. The molecule has 2 heterocycles. The molecule has 0 amide bonds. The third kappa shape index (κ3) is 2.33. The lowest BCUT2D eigenvalue weighted by molar-refractivity contribution is -0.140. The number of aromatic nitrogens is 2. The summed E-state index contributed by atoms with van der Waals surface area (Å²) >= 11 is 0.940. The zero-order valence-electron chi connectivity index (χ0n) is 10.7. The average molecular weight is 352 g/mol. The summed E-state index contributed by atoms with van der Waals surface area (Å²) in [6, 6.07) is 2.82. The minimum absolute atomic E-state index is 0.125. The van der Waals surface area contributed by atoms with Crippen molar-refractivity contribution in [1.29, 1.82) is 0 Å². The topological polar surface area (TPSA) is 25.8 Å². The Hall–Kier alpha value is -2.23. The van der Waals surface area contributed by atoms with Crippen LogP contribution in [0, 0.1) is 23.3 Å². The van der Waals surface area contributed by atoms with Gasteiger partial charge in [-0.25, -0.2) is 17.6 Å². The first-order valence-electron chi connectivity index (χ1n) is 5.87. The van der Waals surface area contributed by atoms with E-state index in [9.17, 15) is 30.7 Å². The molecule has 0 aliphatic carbocycles. The monoisotopic (exact) mass is 352 g/mol. The van der Waals surface area contributed by atoms with Gasteiger partial charge in [-0.15, -0.1) is 21.5 Å². The molecule has 0 saturated carbocycles. The van der Waals surface area contributed by atoms with E-state index < -0.39 is 51.6 Å². The smallest absolute Gasteiger partial charge is 0.203 e. The van der Waals surface area contributed by atoms with E-state index in [0.717, 1.165) is 11.3 Å². The quantitative estimate of drug-likeness (QED) is 0.352. The maximum atomic E-state index is 14.0. The maximum Gasteiger partial charge on any atom is 0.435 e. The van der Waals surface area contributed by atoms with Gasteiger partial charge in [0.25, 0.3) is 0 Å². The van der Waals surface area contributed by atoms with Crippen molar-refractivity contribution < 1.29 is 30.7 Å². The number of nitrogens with zero attached hydrogens (tertiary/aromatic N) is 2. The van der Waals surface area contributed by atoms with Crippen LogP contribution >= 0.6 is 11.3 Å². The Bertz CT molecular complexity index is 903. The van der Waals surface area contributed by atoms with Crippen LogP contribution in [0.4, 0.5) is 30.7 Å². The van der Waals surface area contributed by atoms with Gasteiger partial charge in [0, 0.05) is 0 Å². The van der Waals surface area contributed by atoms with Crippen molar-refractivity contribution in [2.45, 2.75) is 6.18 Å². The van der Waals surface area contributed by atoms with E-state index in [4.69, 9.17) is 0 Å². The molecule has 120 valence electrons. The van der Waals surface area contributed by atoms with Crippen molar-refractivity contribution >= 4 is 22.1 Å². The van der Waals surface area contributed by atoms with E-state index >= 15 is 0 Å². The Morgan fingerprint density at radius 3 is 1.96 bits per heavy atom. The molecule has 0 atom stereocenters. The second-order valence-electron chi connectivity index (χ2n) is 4.38. The van der Waals surface area contributed by atoms with Gasteiger partial charge in [-0.05, 0) is 11.4 Å². The van der Waals surface area contributed by atoms with E-state index in [1.54, 1.807) is 0 Å². The molecule has 0 spiro atoms. The van der Waals surface area contributed by atoms with Crippen LogP contribution in [-0.4, -0.2) is 10.2 Å². The zero-order valence-corrected chi connectivity index (χ0v) is 11.5. The Kier molecular flexibility index (Phi) is 3.51. The fourth-order valence-electron chi connectivity index (χ4n) is 2.06. The molecule has 0 bridgehead atoms. The van der Waals surface area contributed by atoms with Gasteiger partial charge >= 0.3 is 6.18 Å². The number of thiophene rings is 1. The minimum atomic E-state index is -5.23. The lowest BCUT2D eigenvalue weighted by atomic mass is 10.0. The van der Waals surface area contributed by atoms with Gasteiger partial charge in [-0.2, -0.15) is 13.2 Å². The highest BCUT2D eigenvalue weighted by molar-refractivity contribution is 7.13. The second-order valence-corrected chi connectivity index (χ2v) is 5.33. The van der Waals surface area contributed by atoms with Crippen molar-refractivity contribution in [3.63, 3.8) is 0 Å². The summed E-state index contributed by atoms with van der Waals surface area (Å²) in [5.41, 5.74) is -2.43. The fraction of sp³-hybridized carbons (Fsp3) is 0.0769. The van der Waals surface area contributed by atoms with Gasteiger partial charge in [0.15, 0.2) is 29.0 Å². The van der Waals surface area contributed by atoms with Gasteiger partial charge < -0.3 is 0 Å². The van der Waals surface area contributed by atoms with Crippen LogP contribution in [0.25, 0.3) is 21.3 Å². The molecule has 0 unspecified atom stereocenters. The molecular formula is C13H3F7N2S. The Labute approximate surface area is 127 Å². The lowest BCUT2D eigenvalue weighted by Gasteiger charge is -2.13. The number of rotatable bonds is 1. The Balaban J connectivity index is 2.57. The molecule has 0 aliphatic heterocycles. The Morgan fingerprint density at radius 1 is 0.826 bits per heavy atom. The third-order valence-electron chi connectivity index (χ3n) is 3.01. The van der Waals surface area contributed by atoms with Crippen LogP contribution in [-0.2, 0) is 6.18 Å². The predicted molar refractivity (Wildman–Crippen MR) is 67.7 cm³/mol. The summed E-state index contributed by atoms with van der Waals surface area (Å²) < 4.78 is 93.6. The highest BCUT2D eigenvalue weighted by Crippen LogP contribution is 2.40. The lowest BCUT2D eigenvalue weighted by Crippen LogP contribution is -2.14. The number of fused-ring (bicyclic) bond motifs is 1. The standard InChI is InChI=1S/C13H3F7N2S/c14-7-5-6(8(15)10(17)9(7)16)12(13(18,19)20)22-21-11(5)4-2-1-3-23-4/h1-3H.